The van der Waals surface area contributed by atoms with Crippen LogP contribution in [0.5, 0.6) is 0 Å². The molecule has 3 atom stereocenters. The molecule has 2 amide bonds. The van der Waals surface area contributed by atoms with Crippen LogP contribution < -0.4 is 5.32 Å². The van der Waals surface area contributed by atoms with E-state index in [9.17, 15) is 27.9 Å². The zero-order valence-corrected chi connectivity index (χ0v) is 16.7. The Labute approximate surface area is 177 Å². The van der Waals surface area contributed by atoms with Crippen LogP contribution in [0.2, 0.25) is 0 Å². The van der Waals surface area contributed by atoms with Crippen LogP contribution in [0.3, 0.4) is 0 Å². The van der Waals surface area contributed by atoms with E-state index in [1.807, 2.05) is 0 Å². The fourth-order valence-corrected chi connectivity index (χ4v) is 4.57. The van der Waals surface area contributed by atoms with Gasteiger partial charge in [-0.05, 0) is 43.2 Å². The molecule has 1 aromatic rings. The second kappa shape index (κ2) is 7.81. The van der Waals surface area contributed by atoms with Crippen molar-refractivity contribution in [3.8, 4) is 0 Å². The van der Waals surface area contributed by atoms with Crippen molar-refractivity contribution in [3.63, 3.8) is 0 Å². The van der Waals surface area contributed by atoms with Gasteiger partial charge in [0, 0.05) is 31.4 Å². The molecule has 0 aromatic carbocycles. The number of hydrogen-bond donors (Lipinski definition) is 3. The lowest BCUT2D eigenvalue weighted by Gasteiger charge is -2.37. The zero-order valence-electron chi connectivity index (χ0n) is 16.7. The van der Waals surface area contributed by atoms with Gasteiger partial charge >= 0.3 is 12.3 Å². The summed E-state index contributed by atoms with van der Waals surface area (Å²) in [5, 5.41) is 21.9. The fraction of sp³-hybridized carbons (Fsp3) is 0.571. The minimum Gasteiger partial charge on any atom is -0.465 e. The minimum absolute atomic E-state index is 0.00275. The van der Waals surface area contributed by atoms with Crippen LogP contribution in [0.25, 0.3) is 0 Å². The number of aromatic nitrogens is 1. The first kappa shape index (κ1) is 21.6. The summed E-state index contributed by atoms with van der Waals surface area (Å²) >= 11 is 0. The smallest absolute Gasteiger partial charge is 0.417 e. The highest BCUT2D eigenvalue weighted by Crippen LogP contribution is 2.44. The molecule has 31 heavy (non-hydrogen) atoms. The van der Waals surface area contributed by atoms with Crippen LogP contribution in [-0.2, 0) is 23.9 Å². The average molecular weight is 439 g/mol. The van der Waals surface area contributed by atoms with Crippen molar-refractivity contribution < 1.29 is 33.0 Å². The number of carbonyl (C=O) groups excluding carboxylic acids is 1. The highest BCUT2D eigenvalue weighted by molar-refractivity contribution is 5.86. The third kappa shape index (κ3) is 4.53. The van der Waals surface area contributed by atoms with Crippen molar-refractivity contribution in [3.05, 3.63) is 41.2 Å². The number of hydrogen-bond acceptors (Lipinski definition) is 4. The summed E-state index contributed by atoms with van der Waals surface area (Å²) in [7, 11) is 0. The summed E-state index contributed by atoms with van der Waals surface area (Å²) in [6.07, 6.45) is 0.103. The van der Waals surface area contributed by atoms with E-state index in [1.54, 1.807) is 12.2 Å². The Hall–Kier alpha value is -2.62. The summed E-state index contributed by atoms with van der Waals surface area (Å²) < 4.78 is 39.2. The Bertz CT molecular complexity index is 916. The number of alkyl halides is 3. The van der Waals surface area contributed by atoms with Gasteiger partial charge in [0.1, 0.15) is 0 Å². The van der Waals surface area contributed by atoms with Gasteiger partial charge in [-0.15, -0.1) is 0 Å². The van der Waals surface area contributed by atoms with Crippen molar-refractivity contribution in [1.29, 1.82) is 0 Å². The number of nitrogens with one attached hydrogen (secondary N) is 1. The van der Waals surface area contributed by atoms with Crippen LogP contribution in [0, 0.1) is 11.3 Å². The maximum absolute atomic E-state index is 13.6. The van der Waals surface area contributed by atoms with E-state index in [2.05, 4.69) is 10.3 Å². The Morgan fingerprint density at radius 3 is 2.74 bits per heavy atom. The lowest BCUT2D eigenvalue weighted by atomic mass is 9.78. The molecule has 7 nitrogen and oxygen atoms in total. The molecule has 4 rings (SSSR count). The molecule has 1 saturated carbocycles. The van der Waals surface area contributed by atoms with Crippen molar-refractivity contribution >= 4 is 12.0 Å². The molecule has 1 aromatic heterocycles. The number of halogens is 3. The second-order valence-corrected chi connectivity index (χ2v) is 8.69. The average Bonchev–Trinajstić information content (AvgIpc) is 3.48. The van der Waals surface area contributed by atoms with Crippen LogP contribution in [-0.4, -0.2) is 50.8 Å². The molecule has 3 aliphatic rings. The van der Waals surface area contributed by atoms with E-state index >= 15 is 0 Å². The SMILES string of the molecule is O=C(O)N[C@@H]1C=C[C@](CC(O)C2CC2)(C(=O)N2CCc3ncc(C(F)(F)F)cc3C2)C1. The van der Waals surface area contributed by atoms with E-state index in [-0.39, 0.29) is 31.2 Å². The van der Waals surface area contributed by atoms with Crippen molar-refractivity contribution in [2.45, 2.75) is 57.0 Å². The largest absolute Gasteiger partial charge is 0.465 e. The number of aliphatic hydroxyl groups excluding tert-OH is 1. The van der Waals surface area contributed by atoms with Crippen molar-refractivity contribution in [2.24, 2.45) is 11.3 Å². The standard InChI is InChI=1S/C21H24F3N3O4/c22-21(23,24)14-7-13-11-27(6-4-16(13)25-10-14)18(29)20(9-17(28)12-1-2-12)5-3-15(8-20)26-19(30)31/h3,5,7,10,12,15,17,26,28H,1-2,4,6,8-9,11H2,(H,30,31)/t15-,17?,20+/m1/s1. The van der Waals surface area contributed by atoms with Crippen LogP contribution in [0.15, 0.2) is 24.4 Å². The Morgan fingerprint density at radius 1 is 1.35 bits per heavy atom. The molecule has 1 fully saturated rings. The Kier molecular flexibility index (Phi) is 5.45. The monoisotopic (exact) mass is 439 g/mol. The molecule has 10 heteroatoms. The van der Waals surface area contributed by atoms with Gasteiger partial charge in [-0.3, -0.25) is 9.78 Å². The maximum atomic E-state index is 13.6. The first-order chi connectivity index (χ1) is 14.6. The third-order valence-corrected chi connectivity index (χ3v) is 6.36. The van der Waals surface area contributed by atoms with Crippen molar-refractivity contribution in [1.82, 2.24) is 15.2 Å². The molecule has 0 saturated heterocycles. The predicted octanol–water partition coefficient (Wildman–Crippen LogP) is 2.73. The van der Waals surface area contributed by atoms with Gasteiger partial charge in [0.05, 0.1) is 23.1 Å². The van der Waals surface area contributed by atoms with E-state index in [4.69, 9.17) is 5.11 Å². The Balaban J connectivity index is 1.56. The van der Waals surface area contributed by atoms with Gasteiger partial charge in [0.2, 0.25) is 5.91 Å². The molecule has 0 radical (unpaired) electrons. The van der Waals surface area contributed by atoms with Crippen molar-refractivity contribution in [2.75, 3.05) is 6.54 Å². The third-order valence-electron chi connectivity index (χ3n) is 6.36. The molecule has 3 N–H and O–H groups in total. The molecular formula is C21H24F3N3O4. The summed E-state index contributed by atoms with van der Waals surface area (Å²) in [6, 6.07) is 0.468. The number of amides is 2. The quantitative estimate of drug-likeness (QED) is 0.613. The summed E-state index contributed by atoms with van der Waals surface area (Å²) in [6.45, 7) is 0.299. The fourth-order valence-electron chi connectivity index (χ4n) is 4.57. The number of fused-ring (bicyclic) bond motifs is 1. The molecule has 1 unspecified atom stereocenters. The normalized spacial score (nSPS) is 26.5. The predicted molar refractivity (Wildman–Crippen MR) is 103 cm³/mol. The number of rotatable bonds is 5. The van der Waals surface area contributed by atoms with Crippen LogP contribution in [0.4, 0.5) is 18.0 Å². The van der Waals surface area contributed by atoms with Crippen LogP contribution in [0.1, 0.15) is 42.5 Å². The summed E-state index contributed by atoms with van der Waals surface area (Å²) in [4.78, 5) is 30.0. The minimum atomic E-state index is -4.52. The number of nitrogens with zero attached hydrogens (tertiary/aromatic N) is 2. The van der Waals surface area contributed by atoms with E-state index < -0.39 is 35.4 Å². The van der Waals surface area contributed by atoms with E-state index in [1.165, 1.54) is 4.90 Å². The van der Waals surface area contributed by atoms with Crippen LogP contribution >= 0.6 is 0 Å². The molecule has 168 valence electrons. The lowest BCUT2D eigenvalue weighted by Crippen LogP contribution is -2.47. The van der Waals surface area contributed by atoms with Gasteiger partial charge < -0.3 is 20.4 Å². The van der Waals surface area contributed by atoms with E-state index in [0.717, 1.165) is 25.1 Å². The maximum Gasteiger partial charge on any atom is 0.417 e. The number of carboxylic acid groups (broad SMARTS) is 1. The molecule has 0 spiro atoms. The molecular weight excluding hydrogens is 415 g/mol. The van der Waals surface area contributed by atoms with Gasteiger partial charge in [0.25, 0.3) is 0 Å². The molecule has 2 heterocycles. The second-order valence-electron chi connectivity index (χ2n) is 8.69. The highest BCUT2D eigenvalue weighted by atomic mass is 19.4. The van der Waals surface area contributed by atoms with Gasteiger partial charge in [-0.2, -0.15) is 13.2 Å². The summed E-state index contributed by atoms with van der Waals surface area (Å²) in [5.74, 6) is -0.175. The highest BCUT2D eigenvalue weighted by Gasteiger charge is 2.48. The lowest BCUT2D eigenvalue weighted by molar-refractivity contribution is -0.142. The number of pyridine rings is 1. The Morgan fingerprint density at radius 2 is 2.10 bits per heavy atom. The number of aliphatic hydroxyl groups is 1. The molecule has 0 bridgehead atoms. The van der Waals surface area contributed by atoms with E-state index in [0.29, 0.717) is 24.2 Å². The molecule has 2 aliphatic carbocycles. The number of carbonyl (C=O) groups is 2. The first-order valence-electron chi connectivity index (χ1n) is 10.3. The van der Waals surface area contributed by atoms with Gasteiger partial charge in [0.15, 0.2) is 0 Å². The topological polar surface area (TPSA) is 103 Å². The van der Waals surface area contributed by atoms with Gasteiger partial charge in [-0.25, -0.2) is 4.79 Å². The van der Waals surface area contributed by atoms with Gasteiger partial charge in [-0.1, -0.05) is 12.2 Å². The summed E-state index contributed by atoms with van der Waals surface area (Å²) in [5.41, 5.74) is -1.06. The molecule has 1 aliphatic heterocycles. The first-order valence-corrected chi connectivity index (χ1v) is 10.3. The zero-order chi connectivity index (χ0) is 22.4.